The highest BCUT2D eigenvalue weighted by Gasteiger charge is 2.43. The van der Waals surface area contributed by atoms with E-state index in [1.165, 1.54) is 0 Å². The summed E-state index contributed by atoms with van der Waals surface area (Å²) in [5.74, 6) is 0.0845. The molecule has 2 rings (SSSR count). The molecule has 0 bridgehead atoms. The van der Waals surface area contributed by atoms with Gasteiger partial charge in [-0.1, -0.05) is 48.6 Å². The number of rotatable bonds is 13. The highest BCUT2D eigenvalue weighted by atomic mass is 16.7. The second-order valence-corrected chi connectivity index (χ2v) is 7.59. The maximum absolute atomic E-state index is 12.2. The molecule has 1 saturated heterocycles. The number of carbonyl (C=O) groups excluding carboxylic acids is 1. The normalized spacial score (nSPS) is 25.7. The molecule has 5 atom stereocenters. The number of unbranched alkanes of at least 4 members (excludes halogenated alkanes) is 4. The van der Waals surface area contributed by atoms with Crippen molar-refractivity contribution in [2.24, 2.45) is 5.11 Å². The number of hydrogen-bond donors (Lipinski definition) is 4. The van der Waals surface area contributed by atoms with Crippen LogP contribution in [0.4, 0.5) is 0 Å². The Morgan fingerprint density at radius 3 is 2.39 bits per heavy atom. The zero-order valence-corrected chi connectivity index (χ0v) is 17.4. The van der Waals surface area contributed by atoms with Crippen molar-refractivity contribution in [3.8, 4) is 0 Å². The van der Waals surface area contributed by atoms with Gasteiger partial charge in [0.15, 0.2) is 12.1 Å². The van der Waals surface area contributed by atoms with Gasteiger partial charge in [-0.25, -0.2) is 0 Å². The number of hydrogen-bond acceptors (Lipinski definition) is 8. The van der Waals surface area contributed by atoms with Crippen molar-refractivity contribution in [1.82, 2.24) is 0 Å². The molecule has 1 aliphatic rings. The Morgan fingerprint density at radius 2 is 1.71 bits per heavy atom. The molecule has 172 valence electrons. The number of aliphatic hydroxyl groups is 4. The van der Waals surface area contributed by atoms with E-state index in [1.807, 2.05) is 0 Å². The van der Waals surface area contributed by atoms with Gasteiger partial charge in [0, 0.05) is 23.5 Å². The van der Waals surface area contributed by atoms with Crippen LogP contribution in [0.5, 0.6) is 0 Å². The summed E-state index contributed by atoms with van der Waals surface area (Å²) in [4.78, 5) is 14.9. The second-order valence-electron chi connectivity index (χ2n) is 7.59. The van der Waals surface area contributed by atoms with E-state index in [9.17, 15) is 20.1 Å². The Morgan fingerprint density at radius 1 is 1.03 bits per heavy atom. The highest BCUT2D eigenvalue weighted by molar-refractivity contribution is 5.96. The van der Waals surface area contributed by atoms with E-state index in [-0.39, 0.29) is 12.3 Å². The molecule has 0 amide bonds. The molecule has 1 fully saturated rings. The predicted octanol–water partition coefficient (Wildman–Crippen LogP) is 1.84. The van der Waals surface area contributed by atoms with Crippen LogP contribution in [0, 0.1) is 0 Å². The Hall–Kier alpha value is -2.04. The van der Waals surface area contributed by atoms with Gasteiger partial charge in [0.25, 0.3) is 0 Å². The summed E-state index contributed by atoms with van der Waals surface area (Å²) < 4.78 is 10.7. The molecule has 1 heterocycles. The molecule has 1 aliphatic heterocycles. The minimum Gasteiger partial charge on any atom is -0.394 e. The molecule has 1 aromatic carbocycles. The maximum Gasteiger partial charge on any atom is 0.186 e. The van der Waals surface area contributed by atoms with Crippen molar-refractivity contribution < 1.29 is 34.7 Å². The van der Waals surface area contributed by atoms with Gasteiger partial charge in [0.2, 0.25) is 0 Å². The number of aliphatic hydroxyl groups excluding tert-OH is 4. The summed E-state index contributed by atoms with van der Waals surface area (Å²) >= 11 is 0. The van der Waals surface area contributed by atoms with Crippen LogP contribution in [0.25, 0.3) is 10.4 Å². The van der Waals surface area contributed by atoms with E-state index in [0.717, 1.165) is 37.7 Å². The van der Waals surface area contributed by atoms with Crippen LogP contribution in [0.15, 0.2) is 29.4 Å². The van der Waals surface area contributed by atoms with Gasteiger partial charge in [-0.3, -0.25) is 4.79 Å². The van der Waals surface area contributed by atoms with Gasteiger partial charge < -0.3 is 29.9 Å². The lowest BCUT2D eigenvalue weighted by molar-refractivity contribution is -0.301. The molecule has 2 unspecified atom stereocenters. The Labute approximate surface area is 181 Å². The zero-order chi connectivity index (χ0) is 22.6. The van der Waals surface area contributed by atoms with E-state index in [1.54, 1.807) is 24.3 Å². The fraction of sp³-hybridized carbons (Fsp3) is 0.667. The minimum atomic E-state index is -1.43. The van der Waals surface area contributed by atoms with Crippen molar-refractivity contribution in [1.29, 1.82) is 0 Å². The summed E-state index contributed by atoms with van der Waals surface area (Å²) in [7, 11) is 0. The third kappa shape index (κ3) is 7.86. The largest absolute Gasteiger partial charge is 0.394 e. The van der Waals surface area contributed by atoms with Crippen molar-refractivity contribution in [3.63, 3.8) is 0 Å². The summed E-state index contributed by atoms with van der Waals surface area (Å²) in [6.07, 6.45) is -1.59. The lowest BCUT2D eigenvalue weighted by atomic mass is 9.99. The number of benzene rings is 1. The summed E-state index contributed by atoms with van der Waals surface area (Å²) in [5.41, 5.74) is 9.83. The maximum atomic E-state index is 12.2. The van der Waals surface area contributed by atoms with Crippen molar-refractivity contribution in [3.05, 3.63) is 45.8 Å². The van der Waals surface area contributed by atoms with Crippen molar-refractivity contribution in [2.75, 3.05) is 13.2 Å². The number of azide groups is 1. The van der Waals surface area contributed by atoms with Crippen LogP contribution in [-0.2, 0) is 16.0 Å². The van der Waals surface area contributed by atoms with Gasteiger partial charge in [0.05, 0.1) is 13.2 Å². The third-order valence-electron chi connectivity index (χ3n) is 5.27. The Bertz CT molecular complexity index is 722. The zero-order valence-electron chi connectivity index (χ0n) is 17.4. The van der Waals surface area contributed by atoms with Crippen molar-refractivity contribution in [2.45, 2.75) is 75.8 Å². The number of ether oxygens (including phenoxy) is 2. The van der Waals surface area contributed by atoms with E-state index >= 15 is 0 Å². The Kier molecular flexibility index (Phi) is 10.9. The summed E-state index contributed by atoms with van der Waals surface area (Å²) in [5, 5.41) is 42.0. The van der Waals surface area contributed by atoms with Gasteiger partial charge in [-0.2, -0.15) is 0 Å². The average molecular weight is 437 g/mol. The number of ketones is 1. The monoisotopic (exact) mass is 437 g/mol. The van der Waals surface area contributed by atoms with E-state index in [0.29, 0.717) is 18.6 Å². The lowest BCUT2D eigenvalue weighted by Crippen LogP contribution is -2.59. The molecular weight excluding hydrogens is 406 g/mol. The highest BCUT2D eigenvalue weighted by Crippen LogP contribution is 2.22. The van der Waals surface area contributed by atoms with Crippen LogP contribution in [0.2, 0.25) is 0 Å². The van der Waals surface area contributed by atoms with E-state index in [2.05, 4.69) is 10.0 Å². The fourth-order valence-corrected chi connectivity index (χ4v) is 3.38. The molecule has 0 aromatic heterocycles. The van der Waals surface area contributed by atoms with Gasteiger partial charge in [0.1, 0.15) is 24.4 Å². The van der Waals surface area contributed by atoms with E-state index in [4.69, 9.17) is 20.1 Å². The number of nitrogens with zero attached hydrogens (tertiary/aromatic N) is 3. The molecule has 1 aromatic rings. The third-order valence-corrected chi connectivity index (χ3v) is 5.27. The molecule has 0 saturated carbocycles. The molecule has 0 spiro atoms. The smallest absolute Gasteiger partial charge is 0.186 e. The first-order valence-electron chi connectivity index (χ1n) is 10.5. The molecule has 0 aliphatic carbocycles. The van der Waals surface area contributed by atoms with Crippen LogP contribution in [-0.4, -0.2) is 70.1 Å². The molecule has 10 heteroatoms. The molecule has 4 N–H and O–H groups in total. The van der Waals surface area contributed by atoms with Crippen LogP contribution in [0.3, 0.4) is 0 Å². The van der Waals surface area contributed by atoms with E-state index < -0.39 is 37.3 Å². The molecule has 31 heavy (non-hydrogen) atoms. The first-order valence-corrected chi connectivity index (χ1v) is 10.5. The average Bonchev–Trinajstić information content (AvgIpc) is 2.79. The molecule has 10 nitrogen and oxygen atoms in total. The summed E-state index contributed by atoms with van der Waals surface area (Å²) in [6, 6.07) is 7.08. The van der Waals surface area contributed by atoms with Gasteiger partial charge in [-0.15, -0.1) is 0 Å². The van der Waals surface area contributed by atoms with Crippen LogP contribution in [0.1, 0.15) is 54.4 Å². The number of Topliss-reactive ketones (excluding diaryl/α,β-unsaturated/α-hetero) is 1. The molecular formula is C21H31N3O7. The van der Waals surface area contributed by atoms with Crippen LogP contribution >= 0.6 is 0 Å². The first-order chi connectivity index (χ1) is 15.0. The second kappa shape index (κ2) is 13.4. The van der Waals surface area contributed by atoms with Gasteiger partial charge in [-0.05, 0) is 23.9 Å². The standard InChI is InChI=1S/C21H31N3O7/c22-24-23-12-14-7-9-15(10-8-14)16(26)6-4-2-1-3-5-11-30-21-20(29)19(28)18(27)17(13-25)31-21/h7-10,17-21,25,27-29H,1-6,11-13H2/t17?,18-,19+,20?,21-/m1/s1. The summed E-state index contributed by atoms with van der Waals surface area (Å²) in [6.45, 7) is 0.0955. The SMILES string of the molecule is [N-]=[N+]=NCc1ccc(C(=O)CCCCCCCO[C@@H]2OC(CO)[C@@H](O)[C@H](O)C2O)cc1. The minimum absolute atomic E-state index is 0.0845. The van der Waals surface area contributed by atoms with Crippen LogP contribution < -0.4 is 0 Å². The fourth-order valence-electron chi connectivity index (χ4n) is 3.38. The van der Waals surface area contributed by atoms with Crippen molar-refractivity contribution >= 4 is 5.78 Å². The Balaban J connectivity index is 1.56. The predicted molar refractivity (Wildman–Crippen MR) is 111 cm³/mol. The number of carbonyl (C=O) groups is 1. The first kappa shape index (κ1) is 25.2. The lowest BCUT2D eigenvalue weighted by Gasteiger charge is -2.39. The topological polar surface area (TPSA) is 165 Å². The van der Waals surface area contributed by atoms with Gasteiger partial charge >= 0.3 is 0 Å². The molecule has 0 radical (unpaired) electrons. The quantitative estimate of drug-likeness (QED) is 0.120.